The van der Waals surface area contributed by atoms with Gasteiger partial charge in [0.2, 0.25) is 0 Å². The van der Waals surface area contributed by atoms with Crippen molar-refractivity contribution < 1.29 is 23.5 Å². The summed E-state index contributed by atoms with van der Waals surface area (Å²) < 4.78 is 18.2. The molecule has 1 aliphatic heterocycles. The molecular weight excluding hydrogens is 467 g/mol. The molecule has 1 aliphatic rings. The normalized spacial score (nSPS) is 19.8. The lowest BCUT2D eigenvalue weighted by atomic mass is 10.2. The standard InChI is InChI=1S/C20H21N6O5PS/c21-9-4-10-29-32(28,33)30-11-15-7-8-16(31-15)26-13-24-17-18(22-12-23-19(17)26)25-20(27)14-5-2-1-3-6-14/h1-3,5-6,12-13,15-16H,4,7-8,10-11H2,(H,28,33)(H,22,23,25,27)/t15-,16+,32?/m0/s1. The zero-order valence-corrected chi connectivity index (χ0v) is 19.1. The molecule has 33 heavy (non-hydrogen) atoms. The molecule has 1 amide bonds. The predicted molar refractivity (Wildman–Crippen MR) is 122 cm³/mol. The number of hydrogen-bond donors (Lipinski definition) is 2. The van der Waals surface area contributed by atoms with Crippen molar-refractivity contribution in [1.29, 1.82) is 5.26 Å². The van der Waals surface area contributed by atoms with Crippen LogP contribution in [0.5, 0.6) is 0 Å². The fourth-order valence-corrected chi connectivity index (χ4v) is 4.52. The first-order chi connectivity index (χ1) is 16.0. The minimum atomic E-state index is -3.42. The van der Waals surface area contributed by atoms with Crippen LogP contribution in [0.1, 0.15) is 35.8 Å². The maximum absolute atomic E-state index is 12.5. The van der Waals surface area contributed by atoms with Gasteiger partial charge in [-0.25, -0.2) is 15.0 Å². The average Bonchev–Trinajstić information content (AvgIpc) is 3.46. The average molecular weight is 488 g/mol. The van der Waals surface area contributed by atoms with Crippen molar-refractivity contribution in [2.75, 3.05) is 18.5 Å². The van der Waals surface area contributed by atoms with E-state index in [9.17, 15) is 9.69 Å². The first-order valence-corrected chi connectivity index (χ1v) is 12.7. The van der Waals surface area contributed by atoms with E-state index in [0.717, 1.165) is 0 Å². The number of carbonyl (C=O) groups is 1. The first kappa shape index (κ1) is 23.4. The minimum absolute atomic E-state index is 0.0162. The number of hydrogen-bond acceptors (Lipinski definition) is 9. The van der Waals surface area contributed by atoms with Crippen LogP contribution < -0.4 is 5.32 Å². The lowest BCUT2D eigenvalue weighted by Gasteiger charge is -2.19. The fraction of sp³-hybridized carbons (Fsp3) is 0.350. The van der Waals surface area contributed by atoms with Gasteiger partial charge in [-0.2, -0.15) is 5.26 Å². The minimum Gasteiger partial charge on any atom is -0.352 e. The van der Waals surface area contributed by atoms with Gasteiger partial charge in [-0.05, 0) is 36.8 Å². The Kier molecular flexibility index (Phi) is 7.39. The molecule has 11 nitrogen and oxygen atoms in total. The lowest BCUT2D eigenvalue weighted by Crippen LogP contribution is -2.16. The molecule has 3 aromatic rings. The van der Waals surface area contributed by atoms with Crippen molar-refractivity contribution in [2.45, 2.75) is 31.6 Å². The van der Waals surface area contributed by atoms with Crippen LogP contribution in [0.15, 0.2) is 43.0 Å². The van der Waals surface area contributed by atoms with E-state index in [2.05, 4.69) is 20.3 Å². The quantitative estimate of drug-likeness (QED) is 0.341. The van der Waals surface area contributed by atoms with Crippen molar-refractivity contribution >= 4 is 41.4 Å². The number of anilines is 1. The van der Waals surface area contributed by atoms with Gasteiger partial charge in [0.25, 0.3) is 5.91 Å². The van der Waals surface area contributed by atoms with Gasteiger partial charge in [0.15, 0.2) is 17.0 Å². The van der Waals surface area contributed by atoms with Crippen LogP contribution in [0.2, 0.25) is 0 Å². The molecule has 0 bridgehead atoms. The molecule has 0 radical (unpaired) electrons. The van der Waals surface area contributed by atoms with Crippen molar-refractivity contribution in [2.24, 2.45) is 0 Å². The summed E-state index contributed by atoms with van der Waals surface area (Å²) in [5.74, 6) is 0.0113. The lowest BCUT2D eigenvalue weighted by molar-refractivity contribution is -0.0189. The maximum Gasteiger partial charge on any atom is 0.324 e. The Labute approximate surface area is 194 Å². The number of fused-ring (bicyclic) bond motifs is 1. The van der Waals surface area contributed by atoms with Crippen molar-refractivity contribution in [1.82, 2.24) is 19.5 Å². The zero-order valence-electron chi connectivity index (χ0n) is 17.4. The summed E-state index contributed by atoms with van der Waals surface area (Å²) in [6.07, 6.45) is 3.74. The number of aromatic nitrogens is 4. The van der Waals surface area contributed by atoms with E-state index in [-0.39, 0.29) is 37.9 Å². The molecule has 0 spiro atoms. The molecule has 1 unspecified atom stereocenters. The van der Waals surface area contributed by atoms with Gasteiger partial charge in [0.05, 0.1) is 38.1 Å². The highest BCUT2D eigenvalue weighted by Crippen LogP contribution is 2.44. The van der Waals surface area contributed by atoms with Crippen LogP contribution in [0.3, 0.4) is 0 Å². The monoisotopic (exact) mass is 488 g/mol. The van der Waals surface area contributed by atoms with Gasteiger partial charge in [-0.15, -0.1) is 0 Å². The summed E-state index contributed by atoms with van der Waals surface area (Å²) in [5.41, 5.74) is 1.47. The second-order valence-corrected chi connectivity index (χ2v) is 10.0. The maximum atomic E-state index is 12.5. The number of carbonyl (C=O) groups excluding carboxylic acids is 1. The zero-order chi connectivity index (χ0) is 23.3. The van der Waals surface area contributed by atoms with Gasteiger partial charge in [-0.3, -0.25) is 9.36 Å². The SMILES string of the molecule is N#CCCOP(O)(=S)OC[C@@H]1CC[C@H](n2cnc3c(NC(=O)c4ccccc4)ncnc32)O1. The molecule has 1 saturated heterocycles. The molecule has 3 atom stereocenters. The Morgan fingerprint density at radius 3 is 2.91 bits per heavy atom. The van der Waals surface area contributed by atoms with E-state index in [0.29, 0.717) is 35.4 Å². The van der Waals surface area contributed by atoms with Gasteiger partial charge < -0.3 is 24.0 Å². The third-order valence-corrected chi connectivity index (χ3v) is 6.53. The van der Waals surface area contributed by atoms with E-state index < -0.39 is 6.72 Å². The molecule has 13 heteroatoms. The van der Waals surface area contributed by atoms with Crippen LogP contribution in [-0.4, -0.2) is 49.6 Å². The number of ether oxygens (including phenoxy) is 1. The van der Waals surface area contributed by atoms with Crippen LogP contribution in [0, 0.1) is 11.3 Å². The Morgan fingerprint density at radius 1 is 1.30 bits per heavy atom. The van der Waals surface area contributed by atoms with Crippen molar-refractivity contribution in [3.05, 3.63) is 48.5 Å². The van der Waals surface area contributed by atoms with Crippen LogP contribution >= 0.6 is 6.72 Å². The van der Waals surface area contributed by atoms with Crippen LogP contribution in [0.25, 0.3) is 11.2 Å². The molecule has 0 aliphatic carbocycles. The van der Waals surface area contributed by atoms with Gasteiger partial charge in [-0.1, -0.05) is 18.2 Å². The molecule has 172 valence electrons. The van der Waals surface area contributed by atoms with E-state index >= 15 is 0 Å². The summed E-state index contributed by atoms with van der Waals surface area (Å²) >= 11 is 4.94. The molecule has 2 N–H and O–H groups in total. The summed E-state index contributed by atoms with van der Waals surface area (Å²) in [6, 6.07) is 10.7. The molecule has 1 fully saturated rings. The fourth-order valence-electron chi connectivity index (χ4n) is 3.36. The summed E-state index contributed by atoms with van der Waals surface area (Å²) in [4.78, 5) is 35.4. The summed E-state index contributed by atoms with van der Waals surface area (Å²) in [7, 11) is 0. The number of rotatable bonds is 9. The molecule has 2 aromatic heterocycles. The number of amides is 1. The van der Waals surface area contributed by atoms with E-state index in [1.165, 1.54) is 6.33 Å². The Bertz CT molecular complexity index is 1220. The highest BCUT2D eigenvalue weighted by molar-refractivity contribution is 8.07. The molecular formula is C20H21N6O5PS. The Balaban J connectivity index is 1.40. The largest absolute Gasteiger partial charge is 0.352 e. The second-order valence-electron chi connectivity index (χ2n) is 7.16. The predicted octanol–water partition coefficient (Wildman–Crippen LogP) is 2.92. The second kappa shape index (κ2) is 10.4. The van der Waals surface area contributed by atoms with Gasteiger partial charge in [0.1, 0.15) is 12.6 Å². The molecule has 3 heterocycles. The number of imidazole rings is 1. The van der Waals surface area contributed by atoms with Gasteiger partial charge in [0, 0.05) is 5.56 Å². The highest BCUT2D eigenvalue weighted by atomic mass is 32.5. The third-order valence-electron chi connectivity index (χ3n) is 4.91. The number of nitriles is 1. The number of benzene rings is 1. The number of nitrogens with zero attached hydrogens (tertiary/aromatic N) is 5. The van der Waals surface area contributed by atoms with Crippen molar-refractivity contribution in [3.8, 4) is 6.07 Å². The number of nitrogens with one attached hydrogen (secondary N) is 1. The summed E-state index contributed by atoms with van der Waals surface area (Å²) in [5, 5.41) is 11.3. The third kappa shape index (κ3) is 5.78. The van der Waals surface area contributed by atoms with E-state index in [1.807, 2.05) is 12.1 Å². The molecule has 0 saturated carbocycles. The Hall–Kier alpha value is -2.78. The highest BCUT2D eigenvalue weighted by Gasteiger charge is 2.30. The van der Waals surface area contributed by atoms with Crippen LogP contribution in [-0.2, 0) is 25.6 Å². The van der Waals surface area contributed by atoms with E-state index in [4.69, 9.17) is 30.9 Å². The first-order valence-electron chi connectivity index (χ1n) is 10.1. The summed E-state index contributed by atoms with van der Waals surface area (Å²) in [6.45, 7) is -3.33. The Morgan fingerprint density at radius 2 is 2.12 bits per heavy atom. The molecule has 4 rings (SSSR count). The van der Waals surface area contributed by atoms with E-state index in [1.54, 1.807) is 35.2 Å². The molecule has 1 aromatic carbocycles. The van der Waals surface area contributed by atoms with Gasteiger partial charge >= 0.3 is 6.72 Å². The van der Waals surface area contributed by atoms with Crippen molar-refractivity contribution in [3.63, 3.8) is 0 Å². The topological polar surface area (TPSA) is 144 Å². The van der Waals surface area contributed by atoms with Crippen LogP contribution in [0.4, 0.5) is 5.82 Å². The smallest absolute Gasteiger partial charge is 0.324 e.